The van der Waals surface area contributed by atoms with E-state index in [0.717, 1.165) is 12.0 Å². The van der Waals surface area contributed by atoms with Gasteiger partial charge in [0.25, 0.3) is 0 Å². The molecule has 0 N–H and O–H groups in total. The second-order valence-electron chi connectivity index (χ2n) is 4.08. The highest BCUT2D eigenvalue weighted by Crippen LogP contribution is 2.15. The highest BCUT2D eigenvalue weighted by atomic mass is 16.5. The second-order valence-corrected chi connectivity index (χ2v) is 4.08. The zero-order valence-electron chi connectivity index (χ0n) is 10.5. The summed E-state index contributed by atoms with van der Waals surface area (Å²) in [5.74, 6) is 1.93. The molecule has 0 radical (unpaired) electrons. The van der Waals surface area contributed by atoms with Crippen molar-refractivity contribution < 1.29 is 13.9 Å². The SMILES string of the molecule is Cc1ccc(OCc2nc(CC=O)c(C)o2)cc1. The number of nitrogens with zero attached hydrogens (tertiary/aromatic N) is 1. The molecule has 1 aromatic carbocycles. The molecule has 0 amide bonds. The van der Waals surface area contributed by atoms with Gasteiger partial charge in [-0.1, -0.05) is 17.7 Å². The molecule has 94 valence electrons. The third-order valence-electron chi connectivity index (χ3n) is 2.60. The standard InChI is InChI=1S/C14H15NO3/c1-10-3-5-12(6-4-10)17-9-14-15-13(7-8-16)11(2)18-14/h3-6,8H,7,9H2,1-2H3. The molecule has 4 nitrogen and oxygen atoms in total. The van der Waals surface area contributed by atoms with Crippen molar-refractivity contribution in [1.82, 2.24) is 4.98 Å². The van der Waals surface area contributed by atoms with Crippen molar-refractivity contribution in [1.29, 1.82) is 0 Å². The van der Waals surface area contributed by atoms with Crippen molar-refractivity contribution in [3.8, 4) is 5.75 Å². The average Bonchev–Trinajstić information content (AvgIpc) is 2.70. The molecule has 0 aliphatic rings. The third-order valence-corrected chi connectivity index (χ3v) is 2.60. The lowest BCUT2D eigenvalue weighted by atomic mass is 10.2. The first kappa shape index (κ1) is 12.4. The third kappa shape index (κ3) is 2.97. The summed E-state index contributed by atoms with van der Waals surface area (Å²) in [7, 11) is 0. The number of aldehydes is 1. The van der Waals surface area contributed by atoms with Crippen molar-refractivity contribution in [3.63, 3.8) is 0 Å². The summed E-state index contributed by atoms with van der Waals surface area (Å²) in [5, 5.41) is 0. The molecule has 0 aliphatic heterocycles. The second kappa shape index (κ2) is 5.49. The predicted molar refractivity (Wildman–Crippen MR) is 66.5 cm³/mol. The quantitative estimate of drug-likeness (QED) is 0.760. The van der Waals surface area contributed by atoms with Crippen LogP contribution in [0.25, 0.3) is 0 Å². The number of oxazole rings is 1. The number of ether oxygens (including phenoxy) is 1. The van der Waals surface area contributed by atoms with Gasteiger partial charge in [-0.3, -0.25) is 0 Å². The molecule has 0 aliphatic carbocycles. The van der Waals surface area contributed by atoms with Gasteiger partial charge in [0.1, 0.15) is 17.8 Å². The van der Waals surface area contributed by atoms with Crippen LogP contribution in [0.5, 0.6) is 5.75 Å². The van der Waals surface area contributed by atoms with Gasteiger partial charge in [-0.15, -0.1) is 0 Å². The van der Waals surface area contributed by atoms with Crippen LogP contribution in [-0.4, -0.2) is 11.3 Å². The van der Waals surface area contributed by atoms with Crippen LogP contribution in [0.15, 0.2) is 28.7 Å². The first-order valence-corrected chi connectivity index (χ1v) is 5.77. The van der Waals surface area contributed by atoms with E-state index in [2.05, 4.69) is 4.98 Å². The van der Waals surface area contributed by atoms with E-state index in [1.54, 1.807) is 6.92 Å². The Morgan fingerprint density at radius 3 is 2.67 bits per heavy atom. The summed E-state index contributed by atoms with van der Waals surface area (Å²) < 4.78 is 11.0. The van der Waals surface area contributed by atoms with Gasteiger partial charge >= 0.3 is 0 Å². The van der Waals surface area contributed by atoms with Crippen LogP contribution in [0, 0.1) is 13.8 Å². The van der Waals surface area contributed by atoms with Crippen molar-refractivity contribution in [2.45, 2.75) is 26.9 Å². The minimum absolute atomic E-state index is 0.267. The van der Waals surface area contributed by atoms with Crippen LogP contribution in [0.1, 0.15) is 22.9 Å². The number of aromatic nitrogens is 1. The summed E-state index contributed by atoms with van der Waals surface area (Å²) in [6.07, 6.45) is 1.09. The normalized spacial score (nSPS) is 10.3. The van der Waals surface area contributed by atoms with E-state index in [4.69, 9.17) is 9.15 Å². The molecule has 0 fully saturated rings. The molecule has 18 heavy (non-hydrogen) atoms. The van der Waals surface area contributed by atoms with E-state index >= 15 is 0 Å². The topological polar surface area (TPSA) is 52.3 Å². The number of aryl methyl sites for hydroxylation is 2. The summed E-state index contributed by atoms with van der Waals surface area (Å²) >= 11 is 0. The highest BCUT2D eigenvalue weighted by Gasteiger charge is 2.09. The molecule has 0 unspecified atom stereocenters. The molecule has 1 aromatic heterocycles. The first-order chi connectivity index (χ1) is 8.69. The van der Waals surface area contributed by atoms with E-state index in [1.807, 2.05) is 31.2 Å². The van der Waals surface area contributed by atoms with E-state index in [-0.39, 0.29) is 13.0 Å². The maximum atomic E-state index is 10.4. The summed E-state index contributed by atoms with van der Waals surface area (Å²) in [4.78, 5) is 14.6. The molecule has 0 saturated carbocycles. The minimum atomic E-state index is 0.267. The summed E-state index contributed by atoms with van der Waals surface area (Å²) in [6.45, 7) is 4.08. The molecule has 1 heterocycles. The van der Waals surface area contributed by atoms with Crippen LogP contribution in [0.3, 0.4) is 0 Å². The zero-order valence-corrected chi connectivity index (χ0v) is 10.5. The fourth-order valence-corrected chi connectivity index (χ4v) is 1.60. The van der Waals surface area contributed by atoms with Gasteiger partial charge < -0.3 is 13.9 Å². The van der Waals surface area contributed by atoms with Gasteiger partial charge in [-0.05, 0) is 26.0 Å². The van der Waals surface area contributed by atoms with Crippen LogP contribution < -0.4 is 4.74 Å². The Hall–Kier alpha value is -2.10. The van der Waals surface area contributed by atoms with Crippen LogP contribution >= 0.6 is 0 Å². The molecule has 0 spiro atoms. The number of hydrogen-bond acceptors (Lipinski definition) is 4. The van der Waals surface area contributed by atoms with Crippen molar-refractivity contribution >= 4 is 6.29 Å². The number of rotatable bonds is 5. The maximum absolute atomic E-state index is 10.4. The number of benzene rings is 1. The molecule has 2 aromatic rings. The van der Waals surface area contributed by atoms with Gasteiger partial charge in [0.15, 0.2) is 6.61 Å². The number of carbonyl (C=O) groups excluding carboxylic acids is 1. The van der Waals surface area contributed by atoms with Gasteiger partial charge in [0.05, 0.1) is 5.69 Å². The van der Waals surface area contributed by atoms with E-state index in [9.17, 15) is 4.79 Å². The minimum Gasteiger partial charge on any atom is -0.484 e. The molecular weight excluding hydrogens is 230 g/mol. The fraction of sp³-hybridized carbons (Fsp3) is 0.286. The molecule has 2 rings (SSSR count). The summed E-state index contributed by atoms with van der Waals surface area (Å²) in [6, 6.07) is 7.76. The molecular formula is C14H15NO3. The Labute approximate surface area is 106 Å². The summed E-state index contributed by atoms with van der Waals surface area (Å²) in [5.41, 5.74) is 1.86. The molecule has 0 saturated heterocycles. The lowest BCUT2D eigenvalue weighted by Gasteiger charge is -2.03. The van der Waals surface area contributed by atoms with Gasteiger partial charge in [0, 0.05) is 6.42 Å². The Morgan fingerprint density at radius 1 is 1.28 bits per heavy atom. The predicted octanol–water partition coefficient (Wildman–Crippen LogP) is 2.61. The lowest BCUT2D eigenvalue weighted by Crippen LogP contribution is -1.96. The average molecular weight is 245 g/mol. The Balaban J connectivity index is 1.99. The van der Waals surface area contributed by atoms with E-state index < -0.39 is 0 Å². The first-order valence-electron chi connectivity index (χ1n) is 5.77. The van der Waals surface area contributed by atoms with Crippen LogP contribution in [0.4, 0.5) is 0 Å². The van der Waals surface area contributed by atoms with E-state index in [0.29, 0.717) is 17.3 Å². The Kier molecular flexibility index (Phi) is 3.77. The van der Waals surface area contributed by atoms with Gasteiger partial charge in [-0.25, -0.2) is 4.98 Å². The van der Waals surface area contributed by atoms with Gasteiger partial charge in [-0.2, -0.15) is 0 Å². The molecule has 0 bridgehead atoms. The molecule has 4 heteroatoms. The molecule has 0 atom stereocenters. The van der Waals surface area contributed by atoms with Crippen molar-refractivity contribution in [2.24, 2.45) is 0 Å². The van der Waals surface area contributed by atoms with Crippen molar-refractivity contribution in [2.75, 3.05) is 0 Å². The highest BCUT2D eigenvalue weighted by molar-refractivity contribution is 5.54. The maximum Gasteiger partial charge on any atom is 0.232 e. The Bertz CT molecular complexity index is 528. The van der Waals surface area contributed by atoms with Crippen LogP contribution in [0.2, 0.25) is 0 Å². The zero-order chi connectivity index (χ0) is 13.0. The smallest absolute Gasteiger partial charge is 0.232 e. The van der Waals surface area contributed by atoms with Gasteiger partial charge in [0.2, 0.25) is 5.89 Å². The van der Waals surface area contributed by atoms with E-state index in [1.165, 1.54) is 5.56 Å². The monoisotopic (exact) mass is 245 g/mol. The lowest BCUT2D eigenvalue weighted by molar-refractivity contribution is -0.107. The fourth-order valence-electron chi connectivity index (χ4n) is 1.60. The van der Waals surface area contributed by atoms with Crippen LogP contribution in [-0.2, 0) is 17.8 Å². The number of hydrogen-bond donors (Lipinski definition) is 0. The Morgan fingerprint density at radius 2 is 2.00 bits per heavy atom. The van der Waals surface area contributed by atoms with Crippen molar-refractivity contribution in [3.05, 3.63) is 47.2 Å². The largest absolute Gasteiger partial charge is 0.484 e. The number of carbonyl (C=O) groups is 1.